The molecule has 0 saturated carbocycles. The van der Waals surface area contributed by atoms with E-state index in [0.29, 0.717) is 6.54 Å². The van der Waals surface area contributed by atoms with Gasteiger partial charge in [-0.15, -0.1) is 0 Å². The van der Waals surface area contributed by atoms with Gasteiger partial charge in [-0.3, -0.25) is 9.69 Å². The third-order valence-electron chi connectivity index (χ3n) is 2.92. The highest BCUT2D eigenvalue weighted by atomic mass is 16.5. The first-order chi connectivity index (χ1) is 7.24. The van der Waals surface area contributed by atoms with Crippen molar-refractivity contribution in [3.05, 3.63) is 0 Å². The predicted molar refractivity (Wildman–Crippen MR) is 56.7 cm³/mol. The number of likely N-dealkylation sites (N-methyl/N-ethyl adjacent to an activating group) is 1. The van der Waals surface area contributed by atoms with Crippen LogP contribution in [0.1, 0.15) is 0 Å². The SMILES string of the molecule is CN1CCOC(CN2CCNC(=O)C2)C1. The zero-order valence-electron chi connectivity index (χ0n) is 9.24. The summed E-state index contributed by atoms with van der Waals surface area (Å²) in [4.78, 5) is 15.6. The van der Waals surface area contributed by atoms with Gasteiger partial charge in [0.15, 0.2) is 0 Å². The van der Waals surface area contributed by atoms with Crippen LogP contribution in [0.15, 0.2) is 0 Å². The quantitative estimate of drug-likeness (QED) is 0.622. The molecule has 0 bridgehead atoms. The normalized spacial score (nSPS) is 30.2. The van der Waals surface area contributed by atoms with E-state index >= 15 is 0 Å². The molecule has 2 aliphatic heterocycles. The fourth-order valence-corrected chi connectivity index (χ4v) is 2.11. The van der Waals surface area contributed by atoms with Gasteiger partial charge in [0, 0.05) is 32.7 Å². The highest BCUT2D eigenvalue weighted by Crippen LogP contribution is 2.06. The summed E-state index contributed by atoms with van der Waals surface area (Å²) in [6, 6.07) is 0. The van der Waals surface area contributed by atoms with Crippen molar-refractivity contribution in [1.29, 1.82) is 0 Å². The maximum Gasteiger partial charge on any atom is 0.234 e. The number of morpholine rings is 1. The highest BCUT2D eigenvalue weighted by Gasteiger charge is 2.23. The van der Waals surface area contributed by atoms with Crippen LogP contribution < -0.4 is 5.32 Å². The van der Waals surface area contributed by atoms with Crippen molar-refractivity contribution in [2.24, 2.45) is 0 Å². The Balaban J connectivity index is 1.77. The second-order valence-corrected chi connectivity index (χ2v) is 4.34. The van der Waals surface area contributed by atoms with Crippen molar-refractivity contribution in [3.8, 4) is 0 Å². The van der Waals surface area contributed by atoms with E-state index in [1.807, 2.05) is 0 Å². The molecule has 0 aromatic heterocycles. The molecule has 2 fully saturated rings. The summed E-state index contributed by atoms with van der Waals surface area (Å²) in [5.74, 6) is 0.130. The molecule has 2 heterocycles. The van der Waals surface area contributed by atoms with Gasteiger partial charge in [-0.2, -0.15) is 0 Å². The second-order valence-electron chi connectivity index (χ2n) is 4.34. The molecule has 2 aliphatic rings. The van der Waals surface area contributed by atoms with Gasteiger partial charge in [-0.1, -0.05) is 0 Å². The summed E-state index contributed by atoms with van der Waals surface area (Å²) in [6.07, 6.45) is 0.259. The van der Waals surface area contributed by atoms with Crippen molar-refractivity contribution in [2.45, 2.75) is 6.10 Å². The number of piperazine rings is 1. The number of ether oxygens (including phenoxy) is 1. The van der Waals surface area contributed by atoms with Crippen molar-refractivity contribution >= 4 is 5.91 Å². The average molecular weight is 213 g/mol. The molecule has 2 rings (SSSR count). The van der Waals surface area contributed by atoms with Crippen molar-refractivity contribution < 1.29 is 9.53 Å². The molecule has 1 amide bonds. The lowest BCUT2D eigenvalue weighted by Crippen LogP contribution is -2.52. The topological polar surface area (TPSA) is 44.8 Å². The predicted octanol–water partition coefficient (Wildman–Crippen LogP) is -1.25. The van der Waals surface area contributed by atoms with Crippen LogP contribution in [-0.4, -0.2) is 74.7 Å². The molecule has 1 atom stereocenters. The minimum atomic E-state index is 0.130. The molecular weight excluding hydrogens is 194 g/mol. The smallest absolute Gasteiger partial charge is 0.234 e. The summed E-state index contributed by atoms with van der Waals surface area (Å²) in [5.41, 5.74) is 0. The lowest BCUT2D eigenvalue weighted by atomic mass is 10.2. The van der Waals surface area contributed by atoms with Crippen molar-refractivity contribution in [1.82, 2.24) is 15.1 Å². The van der Waals surface area contributed by atoms with Crippen LogP contribution in [0.25, 0.3) is 0 Å². The van der Waals surface area contributed by atoms with Gasteiger partial charge >= 0.3 is 0 Å². The van der Waals surface area contributed by atoms with Crippen LogP contribution in [0, 0.1) is 0 Å². The summed E-state index contributed by atoms with van der Waals surface area (Å²) >= 11 is 0. The molecule has 0 aromatic carbocycles. The van der Waals surface area contributed by atoms with Crippen molar-refractivity contribution in [2.75, 3.05) is 52.9 Å². The van der Waals surface area contributed by atoms with Gasteiger partial charge in [-0.05, 0) is 7.05 Å². The van der Waals surface area contributed by atoms with Gasteiger partial charge in [-0.25, -0.2) is 0 Å². The summed E-state index contributed by atoms with van der Waals surface area (Å²) in [6.45, 7) is 5.88. The van der Waals surface area contributed by atoms with E-state index in [4.69, 9.17) is 4.74 Å². The standard InChI is InChI=1S/C10H19N3O2/c1-12-4-5-15-9(6-12)7-13-3-2-11-10(14)8-13/h9H,2-8H2,1H3,(H,11,14). The van der Waals surface area contributed by atoms with Gasteiger partial charge < -0.3 is 15.0 Å². The largest absolute Gasteiger partial charge is 0.374 e. The van der Waals surface area contributed by atoms with E-state index in [-0.39, 0.29) is 12.0 Å². The summed E-state index contributed by atoms with van der Waals surface area (Å²) in [7, 11) is 2.11. The molecule has 0 radical (unpaired) electrons. The molecular formula is C10H19N3O2. The first-order valence-electron chi connectivity index (χ1n) is 5.53. The van der Waals surface area contributed by atoms with E-state index in [1.165, 1.54) is 0 Å². The van der Waals surface area contributed by atoms with E-state index < -0.39 is 0 Å². The second kappa shape index (κ2) is 4.92. The third kappa shape index (κ3) is 3.15. The molecule has 1 N–H and O–H groups in total. The maximum absolute atomic E-state index is 11.2. The molecule has 0 aromatic rings. The van der Waals surface area contributed by atoms with E-state index in [2.05, 4.69) is 22.2 Å². The third-order valence-corrected chi connectivity index (χ3v) is 2.92. The zero-order chi connectivity index (χ0) is 10.7. The lowest BCUT2D eigenvalue weighted by molar-refractivity contribution is -0.125. The Kier molecular flexibility index (Phi) is 3.56. The van der Waals surface area contributed by atoms with Crippen LogP contribution in [-0.2, 0) is 9.53 Å². The Morgan fingerprint density at radius 3 is 3.13 bits per heavy atom. The molecule has 2 saturated heterocycles. The number of hydrogen-bond acceptors (Lipinski definition) is 4. The zero-order valence-corrected chi connectivity index (χ0v) is 9.24. The van der Waals surface area contributed by atoms with E-state index in [0.717, 1.165) is 39.3 Å². The number of amides is 1. The van der Waals surface area contributed by atoms with Gasteiger partial charge in [0.05, 0.1) is 19.3 Å². The Morgan fingerprint density at radius 1 is 1.53 bits per heavy atom. The minimum Gasteiger partial charge on any atom is -0.374 e. The number of hydrogen-bond donors (Lipinski definition) is 1. The maximum atomic E-state index is 11.2. The molecule has 5 heteroatoms. The fraction of sp³-hybridized carbons (Fsp3) is 0.900. The number of carbonyl (C=O) groups is 1. The number of nitrogens with zero attached hydrogens (tertiary/aromatic N) is 2. The molecule has 5 nitrogen and oxygen atoms in total. The summed E-state index contributed by atoms with van der Waals surface area (Å²) < 4.78 is 5.67. The Labute approximate surface area is 90.4 Å². The average Bonchev–Trinajstić information content (AvgIpc) is 2.17. The van der Waals surface area contributed by atoms with Crippen LogP contribution >= 0.6 is 0 Å². The first kappa shape index (κ1) is 10.9. The van der Waals surface area contributed by atoms with Crippen LogP contribution in [0.5, 0.6) is 0 Å². The van der Waals surface area contributed by atoms with E-state index in [9.17, 15) is 4.79 Å². The van der Waals surface area contributed by atoms with Crippen LogP contribution in [0.3, 0.4) is 0 Å². The molecule has 0 spiro atoms. The Bertz CT molecular complexity index is 235. The molecule has 86 valence electrons. The lowest BCUT2D eigenvalue weighted by Gasteiger charge is -2.35. The number of rotatable bonds is 2. The Morgan fingerprint density at radius 2 is 2.40 bits per heavy atom. The van der Waals surface area contributed by atoms with Gasteiger partial charge in [0.1, 0.15) is 0 Å². The van der Waals surface area contributed by atoms with Crippen LogP contribution in [0.4, 0.5) is 0 Å². The first-order valence-corrected chi connectivity index (χ1v) is 5.53. The molecule has 0 aliphatic carbocycles. The van der Waals surface area contributed by atoms with Gasteiger partial charge in [0.2, 0.25) is 5.91 Å². The minimum absolute atomic E-state index is 0.130. The van der Waals surface area contributed by atoms with E-state index in [1.54, 1.807) is 0 Å². The van der Waals surface area contributed by atoms with Crippen molar-refractivity contribution in [3.63, 3.8) is 0 Å². The fourth-order valence-electron chi connectivity index (χ4n) is 2.11. The van der Waals surface area contributed by atoms with Crippen LogP contribution in [0.2, 0.25) is 0 Å². The monoisotopic (exact) mass is 213 g/mol. The highest BCUT2D eigenvalue weighted by molar-refractivity contribution is 5.78. The summed E-state index contributed by atoms with van der Waals surface area (Å²) in [5, 5.41) is 2.83. The molecule has 1 unspecified atom stereocenters. The number of nitrogens with one attached hydrogen (secondary N) is 1. The molecule has 15 heavy (non-hydrogen) atoms. The van der Waals surface area contributed by atoms with Gasteiger partial charge in [0.25, 0.3) is 0 Å². The number of carbonyl (C=O) groups excluding carboxylic acids is 1. The Hall–Kier alpha value is -0.650.